The van der Waals surface area contributed by atoms with Gasteiger partial charge in [-0.2, -0.15) is 13.2 Å². The van der Waals surface area contributed by atoms with Gasteiger partial charge in [0.1, 0.15) is 0 Å². The second-order valence-corrected chi connectivity index (χ2v) is 4.65. The number of alkyl halides is 3. The van der Waals surface area contributed by atoms with Crippen molar-refractivity contribution in [2.75, 3.05) is 13.1 Å². The molecule has 1 aliphatic heterocycles. The minimum Gasteiger partial charge on any atom is -0.388 e. The molecule has 5 heteroatoms. The predicted octanol–water partition coefficient (Wildman–Crippen LogP) is 2.74. The Kier molecular flexibility index (Phi) is 3.92. The van der Waals surface area contributed by atoms with Gasteiger partial charge in [-0.05, 0) is 49.5 Å². The third kappa shape index (κ3) is 3.03. The molecule has 0 radical (unpaired) electrons. The van der Waals surface area contributed by atoms with Crippen molar-refractivity contribution in [3.63, 3.8) is 0 Å². The van der Waals surface area contributed by atoms with Crippen molar-refractivity contribution in [1.29, 1.82) is 0 Å². The largest absolute Gasteiger partial charge is 0.416 e. The first-order chi connectivity index (χ1) is 8.48. The first-order valence-corrected chi connectivity index (χ1v) is 6.04. The first kappa shape index (κ1) is 13.4. The summed E-state index contributed by atoms with van der Waals surface area (Å²) in [7, 11) is 0. The second kappa shape index (κ2) is 5.28. The van der Waals surface area contributed by atoms with Gasteiger partial charge in [0.2, 0.25) is 0 Å². The zero-order valence-electron chi connectivity index (χ0n) is 9.87. The zero-order chi connectivity index (χ0) is 13.2. The molecule has 0 bridgehead atoms. The maximum absolute atomic E-state index is 12.4. The van der Waals surface area contributed by atoms with Crippen molar-refractivity contribution in [3.8, 4) is 0 Å². The third-order valence-electron chi connectivity index (χ3n) is 3.41. The monoisotopic (exact) mass is 259 g/mol. The van der Waals surface area contributed by atoms with E-state index in [-0.39, 0.29) is 5.92 Å². The van der Waals surface area contributed by atoms with Gasteiger partial charge in [0.15, 0.2) is 0 Å². The molecule has 1 aromatic carbocycles. The minimum atomic E-state index is -4.32. The van der Waals surface area contributed by atoms with Gasteiger partial charge in [-0.25, -0.2) is 0 Å². The SMILES string of the molecule is OC(c1ccc(C(F)(F)F)cc1)C1CCNCC1. The third-order valence-corrected chi connectivity index (χ3v) is 3.41. The molecule has 18 heavy (non-hydrogen) atoms. The molecule has 100 valence electrons. The van der Waals surface area contributed by atoms with Gasteiger partial charge in [0, 0.05) is 0 Å². The summed E-state index contributed by atoms with van der Waals surface area (Å²) >= 11 is 0. The predicted molar refractivity (Wildman–Crippen MR) is 62.0 cm³/mol. The number of piperidine rings is 1. The van der Waals surface area contributed by atoms with E-state index in [0.29, 0.717) is 5.56 Å². The Morgan fingerprint density at radius 2 is 1.67 bits per heavy atom. The van der Waals surface area contributed by atoms with Gasteiger partial charge in [-0.3, -0.25) is 0 Å². The average Bonchev–Trinajstić information content (AvgIpc) is 2.38. The van der Waals surface area contributed by atoms with Crippen molar-refractivity contribution >= 4 is 0 Å². The van der Waals surface area contributed by atoms with Crippen LogP contribution in [0.4, 0.5) is 13.2 Å². The van der Waals surface area contributed by atoms with Crippen LogP contribution in [0.15, 0.2) is 24.3 Å². The van der Waals surface area contributed by atoms with Crippen LogP contribution in [-0.4, -0.2) is 18.2 Å². The van der Waals surface area contributed by atoms with Gasteiger partial charge in [0.25, 0.3) is 0 Å². The number of aliphatic hydroxyl groups is 1. The standard InChI is InChI=1S/C13H16F3NO/c14-13(15,16)11-3-1-9(2-4-11)12(18)10-5-7-17-8-6-10/h1-4,10,12,17-18H,5-8H2. The Labute approximate surface area is 104 Å². The minimum absolute atomic E-state index is 0.128. The van der Waals surface area contributed by atoms with E-state index in [2.05, 4.69) is 5.32 Å². The molecule has 2 rings (SSSR count). The Morgan fingerprint density at radius 1 is 1.11 bits per heavy atom. The molecule has 0 spiro atoms. The van der Waals surface area contributed by atoms with Gasteiger partial charge < -0.3 is 10.4 Å². The highest BCUT2D eigenvalue weighted by Gasteiger charge is 2.30. The smallest absolute Gasteiger partial charge is 0.388 e. The molecular formula is C13H16F3NO. The van der Waals surface area contributed by atoms with E-state index >= 15 is 0 Å². The Morgan fingerprint density at radius 3 is 2.17 bits per heavy atom. The van der Waals surface area contributed by atoms with Crippen LogP contribution in [0.2, 0.25) is 0 Å². The summed E-state index contributed by atoms with van der Waals surface area (Å²) in [5, 5.41) is 13.3. The van der Waals surface area contributed by atoms with Crippen molar-refractivity contribution in [1.82, 2.24) is 5.32 Å². The highest BCUT2D eigenvalue weighted by Crippen LogP contribution is 2.32. The van der Waals surface area contributed by atoms with Crippen LogP contribution in [-0.2, 0) is 6.18 Å². The number of hydrogen-bond acceptors (Lipinski definition) is 2. The summed E-state index contributed by atoms with van der Waals surface area (Å²) in [6.07, 6.45) is -3.29. The van der Waals surface area contributed by atoms with Crippen LogP contribution in [0, 0.1) is 5.92 Å². The zero-order valence-corrected chi connectivity index (χ0v) is 9.87. The average molecular weight is 259 g/mol. The highest BCUT2D eigenvalue weighted by atomic mass is 19.4. The number of benzene rings is 1. The molecule has 1 unspecified atom stereocenters. The molecule has 0 aliphatic carbocycles. The lowest BCUT2D eigenvalue weighted by atomic mass is 9.88. The fraction of sp³-hybridized carbons (Fsp3) is 0.538. The Bertz CT molecular complexity index is 382. The van der Waals surface area contributed by atoms with Crippen LogP contribution in [0.5, 0.6) is 0 Å². The van der Waals surface area contributed by atoms with E-state index in [4.69, 9.17) is 0 Å². The summed E-state index contributed by atoms with van der Waals surface area (Å²) < 4.78 is 37.2. The summed E-state index contributed by atoms with van der Waals surface area (Å²) in [5.74, 6) is 0.128. The summed E-state index contributed by atoms with van der Waals surface area (Å²) in [6.45, 7) is 1.70. The van der Waals surface area contributed by atoms with E-state index in [1.807, 2.05) is 0 Å². The Balaban J connectivity index is 2.09. The van der Waals surface area contributed by atoms with Crippen molar-refractivity contribution in [3.05, 3.63) is 35.4 Å². The molecular weight excluding hydrogens is 243 g/mol. The van der Waals surface area contributed by atoms with Crippen LogP contribution < -0.4 is 5.32 Å². The second-order valence-electron chi connectivity index (χ2n) is 4.65. The number of hydrogen-bond donors (Lipinski definition) is 2. The molecule has 2 nitrogen and oxygen atoms in total. The molecule has 1 aromatic rings. The Hall–Kier alpha value is -1.07. The van der Waals surface area contributed by atoms with Crippen LogP contribution in [0.1, 0.15) is 30.1 Å². The molecule has 1 aliphatic rings. The van der Waals surface area contributed by atoms with Crippen molar-refractivity contribution < 1.29 is 18.3 Å². The number of halogens is 3. The molecule has 0 amide bonds. The fourth-order valence-electron chi connectivity index (χ4n) is 2.30. The number of nitrogens with one attached hydrogen (secondary N) is 1. The normalized spacial score (nSPS) is 19.8. The van der Waals surface area contributed by atoms with Gasteiger partial charge in [-0.15, -0.1) is 0 Å². The number of aliphatic hydroxyl groups excluding tert-OH is 1. The topological polar surface area (TPSA) is 32.3 Å². The van der Waals surface area contributed by atoms with E-state index in [1.165, 1.54) is 12.1 Å². The van der Waals surface area contributed by atoms with E-state index in [9.17, 15) is 18.3 Å². The number of rotatable bonds is 2. The maximum atomic E-state index is 12.4. The first-order valence-electron chi connectivity index (χ1n) is 6.04. The van der Waals surface area contributed by atoms with Gasteiger partial charge >= 0.3 is 6.18 Å². The molecule has 0 saturated carbocycles. The highest BCUT2D eigenvalue weighted by molar-refractivity contribution is 5.26. The molecule has 1 heterocycles. The van der Waals surface area contributed by atoms with Crippen molar-refractivity contribution in [2.24, 2.45) is 5.92 Å². The lowest BCUT2D eigenvalue weighted by Crippen LogP contribution is -2.30. The molecule has 1 atom stereocenters. The summed E-state index contributed by atoms with van der Waals surface area (Å²) in [6, 6.07) is 4.80. The fourth-order valence-corrected chi connectivity index (χ4v) is 2.30. The van der Waals surface area contributed by atoms with Gasteiger partial charge in [0.05, 0.1) is 11.7 Å². The maximum Gasteiger partial charge on any atom is 0.416 e. The summed E-state index contributed by atoms with van der Waals surface area (Å²) in [5.41, 5.74) is -0.112. The molecule has 1 saturated heterocycles. The van der Waals surface area contributed by atoms with Crippen LogP contribution >= 0.6 is 0 Å². The molecule has 2 N–H and O–H groups in total. The van der Waals surface area contributed by atoms with Gasteiger partial charge in [-0.1, -0.05) is 12.1 Å². The van der Waals surface area contributed by atoms with E-state index < -0.39 is 17.8 Å². The van der Waals surface area contributed by atoms with E-state index in [1.54, 1.807) is 0 Å². The molecule has 1 fully saturated rings. The van der Waals surface area contributed by atoms with Crippen molar-refractivity contribution in [2.45, 2.75) is 25.1 Å². The van der Waals surface area contributed by atoms with Crippen LogP contribution in [0.3, 0.4) is 0 Å². The lowest BCUT2D eigenvalue weighted by Gasteiger charge is -2.27. The van der Waals surface area contributed by atoms with Crippen LogP contribution in [0.25, 0.3) is 0 Å². The summed E-state index contributed by atoms with van der Waals surface area (Å²) in [4.78, 5) is 0. The molecule has 0 aromatic heterocycles. The lowest BCUT2D eigenvalue weighted by molar-refractivity contribution is -0.137. The van der Waals surface area contributed by atoms with E-state index in [0.717, 1.165) is 38.1 Å². The quantitative estimate of drug-likeness (QED) is 0.856.